The molecule has 10 nitrogen and oxygen atoms in total. The van der Waals surface area contributed by atoms with E-state index in [4.69, 9.17) is 14.7 Å². The van der Waals surface area contributed by atoms with Crippen LogP contribution in [0.25, 0.3) is 11.1 Å². The molecule has 0 spiro atoms. The van der Waals surface area contributed by atoms with Crippen LogP contribution in [-0.2, 0) is 13.1 Å². The third-order valence-corrected chi connectivity index (χ3v) is 9.36. The maximum atomic E-state index is 11.9. The Kier molecular flexibility index (Phi) is 6.92. The van der Waals surface area contributed by atoms with Crippen molar-refractivity contribution in [3.8, 4) is 23.2 Å². The lowest BCUT2D eigenvalue weighted by molar-refractivity contribution is 0.119. The number of ether oxygens (including phenoxy) is 1. The molecule has 0 saturated carbocycles. The molecule has 1 aliphatic carbocycles. The maximum absolute atomic E-state index is 11.9. The summed E-state index contributed by atoms with van der Waals surface area (Å²) < 4.78 is 6.26. The van der Waals surface area contributed by atoms with Crippen LogP contribution in [-0.4, -0.2) is 87.8 Å². The molecule has 4 heterocycles. The highest BCUT2D eigenvalue weighted by Gasteiger charge is 2.39. The highest BCUT2D eigenvalue weighted by atomic mass is 16.5. The number of nitrogens with zero attached hydrogens (tertiary/aromatic N) is 7. The number of likely N-dealkylation sites (N-methyl/N-ethyl adjacent to an activating group) is 1. The number of aromatic nitrogens is 2. The van der Waals surface area contributed by atoms with Gasteiger partial charge in [0.2, 0.25) is 0 Å². The van der Waals surface area contributed by atoms with Crippen LogP contribution in [0.2, 0.25) is 0 Å². The van der Waals surface area contributed by atoms with E-state index in [2.05, 4.69) is 76.3 Å². The van der Waals surface area contributed by atoms with Crippen molar-refractivity contribution in [3.63, 3.8) is 0 Å². The van der Waals surface area contributed by atoms with Crippen molar-refractivity contribution >= 4 is 11.9 Å². The third kappa shape index (κ3) is 4.63. The Morgan fingerprint density at radius 3 is 2.43 bits per heavy atom. The van der Waals surface area contributed by atoms with Crippen LogP contribution < -0.4 is 9.64 Å². The van der Waals surface area contributed by atoms with Crippen LogP contribution in [0.15, 0.2) is 48.5 Å². The lowest BCUT2D eigenvalue weighted by atomic mass is 10.0. The molecular weight excluding hydrogens is 530 g/mol. The normalized spacial score (nSPS) is 22.1. The number of carboxylic acid groups (broad SMARTS) is 1. The first-order valence-electron chi connectivity index (χ1n) is 14.8. The van der Waals surface area contributed by atoms with Crippen molar-refractivity contribution in [2.75, 3.05) is 44.7 Å². The molecule has 3 aromatic rings. The van der Waals surface area contributed by atoms with Gasteiger partial charge in [-0.3, -0.25) is 4.90 Å². The van der Waals surface area contributed by atoms with Gasteiger partial charge in [-0.2, -0.15) is 15.2 Å². The van der Waals surface area contributed by atoms with Gasteiger partial charge in [0.25, 0.3) is 0 Å². The summed E-state index contributed by atoms with van der Waals surface area (Å²) in [6.07, 6.45) is 1.40. The molecule has 42 heavy (non-hydrogen) atoms. The van der Waals surface area contributed by atoms with Crippen molar-refractivity contribution in [1.29, 1.82) is 5.26 Å². The first-order valence-corrected chi connectivity index (χ1v) is 14.8. The van der Waals surface area contributed by atoms with Gasteiger partial charge in [0, 0.05) is 44.3 Å². The Bertz CT molecular complexity index is 1510. The topological polar surface area (TPSA) is 109 Å². The first-order chi connectivity index (χ1) is 20.5. The average Bonchev–Trinajstić information content (AvgIpc) is 3.70. The molecule has 2 atom stereocenters. The van der Waals surface area contributed by atoms with Crippen LogP contribution in [0.4, 0.5) is 10.6 Å². The second-order valence-electron chi connectivity index (χ2n) is 11.8. The van der Waals surface area contributed by atoms with E-state index in [9.17, 15) is 15.2 Å². The summed E-state index contributed by atoms with van der Waals surface area (Å²) >= 11 is 0. The van der Waals surface area contributed by atoms with Gasteiger partial charge in [-0.05, 0) is 48.7 Å². The summed E-state index contributed by atoms with van der Waals surface area (Å²) in [6, 6.07) is 19.8. The quantitative estimate of drug-likeness (QED) is 0.472. The SMILES string of the molecule is CN1CCCC1COc1nc2c(c(N3CCN(C(=O)O)C(CC#N)C3)n1)CN(C1c3ccccc3-c3ccccc31)C2. The molecule has 2 unspecified atom stereocenters. The predicted molar refractivity (Wildman–Crippen MR) is 157 cm³/mol. The smallest absolute Gasteiger partial charge is 0.407 e. The number of rotatable bonds is 6. The van der Waals surface area contributed by atoms with Gasteiger partial charge in [-0.1, -0.05) is 48.5 Å². The standard InChI is InChI=1S/C32H35N7O3/c1-36-14-6-7-22(36)20-42-31-34-28-19-38(29-25-10-4-2-8-23(25)24-9-3-5-11-26(24)29)18-27(28)30(35-31)37-15-16-39(32(40)41)21(17-37)12-13-33/h2-5,8-11,21-22,29H,6-7,12,14-20H2,1H3,(H,40,41). The maximum Gasteiger partial charge on any atom is 0.407 e. The van der Waals surface area contributed by atoms with Gasteiger partial charge in [-0.15, -0.1) is 0 Å². The second-order valence-corrected chi connectivity index (χ2v) is 11.8. The van der Waals surface area contributed by atoms with E-state index in [1.165, 1.54) is 27.2 Å². The zero-order chi connectivity index (χ0) is 28.8. The first kappa shape index (κ1) is 26.7. The van der Waals surface area contributed by atoms with Crippen molar-refractivity contribution in [2.24, 2.45) is 0 Å². The number of anilines is 1. The Balaban J connectivity index is 1.23. The van der Waals surface area contributed by atoms with Crippen LogP contribution >= 0.6 is 0 Å². The fourth-order valence-electron chi connectivity index (χ4n) is 7.21. The molecule has 2 saturated heterocycles. The van der Waals surface area contributed by atoms with Crippen LogP contribution in [0.5, 0.6) is 6.01 Å². The van der Waals surface area contributed by atoms with E-state index in [1.807, 2.05) is 0 Å². The Morgan fingerprint density at radius 2 is 1.76 bits per heavy atom. The fourth-order valence-corrected chi connectivity index (χ4v) is 7.21. The largest absolute Gasteiger partial charge is 0.465 e. The molecule has 2 fully saturated rings. The lowest BCUT2D eigenvalue weighted by Gasteiger charge is -2.40. The molecule has 1 N–H and O–H groups in total. The van der Waals surface area contributed by atoms with Gasteiger partial charge in [0.15, 0.2) is 0 Å². The molecule has 1 aromatic heterocycles. The Hall–Kier alpha value is -4.20. The monoisotopic (exact) mass is 565 g/mol. The highest BCUT2D eigenvalue weighted by molar-refractivity contribution is 5.78. The number of hydrogen-bond acceptors (Lipinski definition) is 8. The van der Waals surface area contributed by atoms with Gasteiger partial charge in [0.1, 0.15) is 12.4 Å². The van der Waals surface area contributed by atoms with Crippen molar-refractivity contribution in [3.05, 3.63) is 70.9 Å². The van der Waals surface area contributed by atoms with E-state index in [-0.39, 0.29) is 12.5 Å². The molecular formula is C32H35N7O3. The number of amides is 1. The van der Waals surface area contributed by atoms with Crippen LogP contribution in [0.1, 0.15) is 47.7 Å². The van der Waals surface area contributed by atoms with E-state index in [0.717, 1.165) is 36.5 Å². The number of benzene rings is 2. The molecule has 0 radical (unpaired) electrons. The van der Waals surface area contributed by atoms with Crippen molar-refractivity contribution in [2.45, 2.75) is 50.5 Å². The van der Waals surface area contributed by atoms with Gasteiger partial charge < -0.3 is 24.5 Å². The number of hydrogen-bond donors (Lipinski definition) is 1. The molecule has 2 aromatic carbocycles. The minimum Gasteiger partial charge on any atom is -0.465 e. The molecule has 216 valence electrons. The molecule has 4 aliphatic rings. The van der Waals surface area contributed by atoms with Gasteiger partial charge >= 0.3 is 12.1 Å². The van der Waals surface area contributed by atoms with Crippen LogP contribution in [0.3, 0.4) is 0 Å². The van der Waals surface area contributed by atoms with E-state index >= 15 is 0 Å². The van der Waals surface area contributed by atoms with E-state index in [0.29, 0.717) is 51.4 Å². The van der Waals surface area contributed by atoms with Crippen molar-refractivity contribution in [1.82, 2.24) is 24.7 Å². The summed E-state index contributed by atoms with van der Waals surface area (Å²) in [6.45, 7) is 4.15. The van der Waals surface area contributed by atoms with E-state index < -0.39 is 12.1 Å². The number of carbonyl (C=O) groups is 1. The number of piperazine rings is 1. The summed E-state index contributed by atoms with van der Waals surface area (Å²) in [7, 11) is 2.13. The molecule has 0 bridgehead atoms. The Morgan fingerprint density at radius 1 is 1.02 bits per heavy atom. The Labute approximate surface area is 245 Å². The second kappa shape index (κ2) is 10.9. The number of nitriles is 1. The van der Waals surface area contributed by atoms with Gasteiger partial charge in [-0.25, -0.2) is 4.79 Å². The van der Waals surface area contributed by atoms with Crippen molar-refractivity contribution < 1.29 is 14.6 Å². The highest BCUT2D eigenvalue weighted by Crippen LogP contribution is 2.49. The van der Waals surface area contributed by atoms with E-state index in [1.54, 1.807) is 0 Å². The summed E-state index contributed by atoms with van der Waals surface area (Å²) in [5, 5.41) is 19.2. The third-order valence-electron chi connectivity index (χ3n) is 9.36. The van der Waals surface area contributed by atoms with Crippen LogP contribution in [0, 0.1) is 11.3 Å². The summed E-state index contributed by atoms with van der Waals surface area (Å²) in [4.78, 5) is 30.1. The minimum absolute atomic E-state index is 0.103. The number of likely N-dealkylation sites (tertiary alicyclic amines) is 1. The number of fused-ring (bicyclic) bond motifs is 4. The molecule has 3 aliphatic heterocycles. The fraction of sp³-hybridized carbons (Fsp3) is 0.438. The summed E-state index contributed by atoms with van der Waals surface area (Å²) in [5.41, 5.74) is 7.15. The molecule has 1 amide bonds. The zero-order valence-corrected chi connectivity index (χ0v) is 23.8. The lowest BCUT2D eigenvalue weighted by Crippen LogP contribution is -2.55. The minimum atomic E-state index is -0.989. The molecule has 7 rings (SSSR count). The average molecular weight is 566 g/mol. The zero-order valence-electron chi connectivity index (χ0n) is 23.8. The van der Waals surface area contributed by atoms with Gasteiger partial charge in [0.05, 0.1) is 30.3 Å². The predicted octanol–water partition coefficient (Wildman–Crippen LogP) is 4.12. The summed E-state index contributed by atoms with van der Waals surface area (Å²) in [5.74, 6) is 0.796. The molecule has 10 heteroatoms.